The first kappa shape index (κ1) is 13.0. The number of carbonyl (C=O) groups is 2. The van der Waals surface area contributed by atoms with E-state index in [0.717, 1.165) is 0 Å². The molecule has 1 aliphatic carbocycles. The number of carboxylic acid groups (broad SMARTS) is 1. The molecule has 3 atom stereocenters. The van der Waals surface area contributed by atoms with Gasteiger partial charge in [-0.15, -0.1) is 0 Å². The number of aliphatic carboxylic acids is 1. The Bertz CT molecular complexity index is 277. The van der Waals surface area contributed by atoms with E-state index in [1.807, 2.05) is 13.8 Å². The SMILES string of the molecule is CC(C)CC(CO)NC(=O)C1CC1C(=O)O. The molecule has 0 aromatic carbocycles. The van der Waals surface area contributed by atoms with Gasteiger partial charge in [-0.05, 0) is 18.8 Å². The molecule has 0 aromatic rings. The van der Waals surface area contributed by atoms with Crippen LogP contribution in [0.1, 0.15) is 26.7 Å². The van der Waals surface area contributed by atoms with Crippen LogP contribution in [0.3, 0.4) is 0 Å². The number of carboxylic acids is 1. The summed E-state index contributed by atoms with van der Waals surface area (Å²) in [6.45, 7) is 3.91. The number of nitrogens with one attached hydrogen (secondary N) is 1. The van der Waals surface area contributed by atoms with Crippen LogP contribution in [0, 0.1) is 17.8 Å². The highest BCUT2D eigenvalue weighted by Crippen LogP contribution is 2.38. The second kappa shape index (κ2) is 5.30. The second-order valence-corrected chi connectivity index (χ2v) is 4.80. The minimum absolute atomic E-state index is 0.103. The van der Waals surface area contributed by atoms with E-state index in [1.165, 1.54) is 0 Å². The molecule has 5 heteroatoms. The van der Waals surface area contributed by atoms with Crippen LogP contribution in [0.2, 0.25) is 0 Å². The van der Waals surface area contributed by atoms with Crippen LogP contribution in [0.15, 0.2) is 0 Å². The Labute approximate surface area is 94.8 Å². The van der Waals surface area contributed by atoms with E-state index < -0.39 is 17.8 Å². The summed E-state index contributed by atoms with van der Waals surface area (Å²) in [5.74, 6) is -1.71. The van der Waals surface area contributed by atoms with Crippen LogP contribution >= 0.6 is 0 Å². The summed E-state index contributed by atoms with van der Waals surface area (Å²) >= 11 is 0. The van der Waals surface area contributed by atoms with Gasteiger partial charge in [0.25, 0.3) is 0 Å². The fourth-order valence-electron chi connectivity index (χ4n) is 1.81. The van der Waals surface area contributed by atoms with E-state index in [0.29, 0.717) is 18.8 Å². The monoisotopic (exact) mass is 229 g/mol. The van der Waals surface area contributed by atoms with Gasteiger partial charge in [-0.2, -0.15) is 0 Å². The van der Waals surface area contributed by atoms with Gasteiger partial charge in [0.2, 0.25) is 5.91 Å². The molecule has 0 bridgehead atoms. The number of aliphatic hydroxyl groups is 1. The van der Waals surface area contributed by atoms with Gasteiger partial charge in [-0.1, -0.05) is 13.8 Å². The van der Waals surface area contributed by atoms with E-state index in [9.17, 15) is 9.59 Å². The van der Waals surface area contributed by atoms with Crippen molar-refractivity contribution in [1.82, 2.24) is 5.32 Å². The Morgan fingerprint density at radius 3 is 2.38 bits per heavy atom. The summed E-state index contributed by atoms with van der Waals surface area (Å²) in [7, 11) is 0. The third kappa shape index (κ3) is 3.48. The predicted molar refractivity (Wildman–Crippen MR) is 57.7 cm³/mol. The Morgan fingerprint density at radius 1 is 1.38 bits per heavy atom. The number of amides is 1. The van der Waals surface area contributed by atoms with Crippen molar-refractivity contribution >= 4 is 11.9 Å². The molecule has 3 unspecified atom stereocenters. The average Bonchev–Trinajstić information content (AvgIpc) is 2.95. The van der Waals surface area contributed by atoms with Crippen molar-refractivity contribution in [3.8, 4) is 0 Å². The third-order valence-electron chi connectivity index (χ3n) is 2.77. The van der Waals surface area contributed by atoms with Crippen LogP contribution in [0.25, 0.3) is 0 Å². The van der Waals surface area contributed by atoms with Crippen LogP contribution in [0.4, 0.5) is 0 Å². The Morgan fingerprint density at radius 2 is 2.00 bits per heavy atom. The Balaban J connectivity index is 2.36. The molecule has 0 radical (unpaired) electrons. The fraction of sp³-hybridized carbons (Fsp3) is 0.818. The summed E-state index contributed by atoms with van der Waals surface area (Å²) in [5, 5.41) is 20.4. The van der Waals surface area contributed by atoms with Crippen LogP contribution in [0.5, 0.6) is 0 Å². The van der Waals surface area contributed by atoms with Gasteiger partial charge in [0.1, 0.15) is 0 Å². The van der Waals surface area contributed by atoms with Gasteiger partial charge < -0.3 is 15.5 Å². The fourth-order valence-corrected chi connectivity index (χ4v) is 1.81. The Hall–Kier alpha value is -1.10. The summed E-state index contributed by atoms with van der Waals surface area (Å²) in [6.07, 6.45) is 1.12. The molecule has 1 aliphatic rings. The largest absolute Gasteiger partial charge is 0.481 e. The van der Waals surface area contributed by atoms with Gasteiger partial charge in [-0.3, -0.25) is 9.59 Å². The molecule has 16 heavy (non-hydrogen) atoms. The molecule has 0 heterocycles. The molecular formula is C11H19NO4. The van der Waals surface area contributed by atoms with Crippen molar-refractivity contribution in [3.63, 3.8) is 0 Å². The lowest BCUT2D eigenvalue weighted by atomic mass is 10.0. The first-order valence-electron chi connectivity index (χ1n) is 5.59. The first-order chi connectivity index (χ1) is 7.45. The van der Waals surface area contributed by atoms with E-state index in [4.69, 9.17) is 10.2 Å². The standard InChI is InChI=1S/C11H19NO4/c1-6(2)3-7(5-13)12-10(14)8-4-9(8)11(15)16/h6-9,13H,3-5H2,1-2H3,(H,12,14)(H,15,16). The molecule has 0 spiro atoms. The van der Waals surface area contributed by atoms with E-state index in [1.54, 1.807) is 0 Å². The molecule has 3 N–H and O–H groups in total. The van der Waals surface area contributed by atoms with Crippen molar-refractivity contribution in [1.29, 1.82) is 0 Å². The molecule has 0 saturated heterocycles. The maximum absolute atomic E-state index is 11.6. The molecule has 1 amide bonds. The molecular weight excluding hydrogens is 210 g/mol. The highest BCUT2D eigenvalue weighted by molar-refractivity contribution is 5.89. The van der Waals surface area contributed by atoms with E-state index >= 15 is 0 Å². The zero-order chi connectivity index (χ0) is 12.3. The Kier molecular flexibility index (Phi) is 4.29. The van der Waals surface area contributed by atoms with E-state index in [2.05, 4.69) is 5.32 Å². The van der Waals surface area contributed by atoms with Gasteiger partial charge >= 0.3 is 5.97 Å². The smallest absolute Gasteiger partial charge is 0.307 e. The van der Waals surface area contributed by atoms with Gasteiger partial charge in [-0.25, -0.2) is 0 Å². The van der Waals surface area contributed by atoms with Gasteiger partial charge in [0.05, 0.1) is 24.5 Å². The molecule has 0 aromatic heterocycles. The lowest BCUT2D eigenvalue weighted by Gasteiger charge is -2.18. The van der Waals surface area contributed by atoms with Crippen LogP contribution in [-0.4, -0.2) is 34.7 Å². The van der Waals surface area contributed by atoms with Gasteiger partial charge in [0.15, 0.2) is 0 Å². The number of carbonyl (C=O) groups excluding carboxylic acids is 1. The topological polar surface area (TPSA) is 86.6 Å². The van der Waals surface area contributed by atoms with Crippen molar-refractivity contribution in [2.24, 2.45) is 17.8 Å². The number of hydrogen-bond acceptors (Lipinski definition) is 3. The summed E-state index contributed by atoms with van der Waals surface area (Å²) in [6, 6.07) is -0.262. The summed E-state index contributed by atoms with van der Waals surface area (Å²) in [5.41, 5.74) is 0. The number of rotatable bonds is 6. The van der Waals surface area contributed by atoms with Gasteiger partial charge in [0, 0.05) is 0 Å². The maximum Gasteiger partial charge on any atom is 0.307 e. The van der Waals surface area contributed by atoms with Crippen molar-refractivity contribution in [2.75, 3.05) is 6.61 Å². The molecule has 1 saturated carbocycles. The third-order valence-corrected chi connectivity index (χ3v) is 2.77. The average molecular weight is 229 g/mol. The van der Waals surface area contributed by atoms with E-state index in [-0.39, 0.29) is 18.6 Å². The minimum Gasteiger partial charge on any atom is -0.481 e. The minimum atomic E-state index is -0.912. The molecule has 1 fully saturated rings. The molecule has 92 valence electrons. The lowest BCUT2D eigenvalue weighted by Crippen LogP contribution is -2.39. The number of aliphatic hydroxyl groups excluding tert-OH is 1. The van der Waals surface area contributed by atoms with Crippen molar-refractivity contribution < 1.29 is 19.8 Å². The zero-order valence-electron chi connectivity index (χ0n) is 9.64. The first-order valence-corrected chi connectivity index (χ1v) is 5.59. The maximum atomic E-state index is 11.6. The molecule has 5 nitrogen and oxygen atoms in total. The summed E-state index contributed by atoms with van der Waals surface area (Å²) in [4.78, 5) is 22.2. The normalized spacial score (nSPS) is 25.2. The van der Waals surface area contributed by atoms with Crippen molar-refractivity contribution in [2.45, 2.75) is 32.7 Å². The summed E-state index contributed by atoms with van der Waals surface area (Å²) < 4.78 is 0. The molecule has 1 rings (SSSR count). The quantitative estimate of drug-likeness (QED) is 0.608. The second-order valence-electron chi connectivity index (χ2n) is 4.80. The highest BCUT2D eigenvalue weighted by atomic mass is 16.4. The van der Waals surface area contributed by atoms with Crippen LogP contribution < -0.4 is 5.32 Å². The zero-order valence-corrected chi connectivity index (χ0v) is 9.64. The lowest BCUT2D eigenvalue weighted by molar-refractivity contribution is -0.140. The number of hydrogen-bond donors (Lipinski definition) is 3. The van der Waals surface area contributed by atoms with Crippen molar-refractivity contribution in [3.05, 3.63) is 0 Å². The predicted octanol–water partition coefficient (Wildman–Crippen LogP) is 0.230. The highest BCUT2D eigenvalue weighted by Gasteiger charge is 2.48. The van der Waals surface area contributed by atoms with Crippen LogP contribution in [-0.2, 0) is 9.59 Å². The molecule has 0 aliphatic heterocycles.